The fraction of sp³-hybridized carbons (Fsp3) is 0.909. The summed E-state index contributed by atoms with van der Waals surface area (Å²) in [6, 6.07) is 0. The number of nitrogens with one attached hydrogen (secondary N) is 1. The number of carbonyl (C=O) groups excluding carboxylic acids is 1. The molecule has 1 aliphatic heterocycles. The zero-order valence-electron chi connectivity index (χ0n) is 9.79. The second-order valence-corrected chi connectivity index (χ2v) is 4.15. The smallest absolute Gasteiger partial charge is 0.409 e. The van der Waals surface area contributed by atoms with Gasteiger partial charge in [0.05, 0.1) is 6.61 Å². The van der Waals surface area contributed by atoms with E-state index in [-0.39, 0.29) is 6.09 Å². The summed E-state index contributed by atoms with van der Waals surface area (Å²) in [5, 5.41) is 3.12. The summed E-state index contributed by atoms with van der Waals surface area (Å²) in [4.78, 5) is 13.3. The van der Waals surface area contributed by atoms with Gasteiger partial charge in [-0.1, -0.05) is 19.8 Å². The highest BCUT2D eigenvalue weighted by Crippen LogP contribution is 2.11. The van der Waals surface area contributed by atoms with Crippen molar-refractivity contribution in [1.29, 1.82) is 0 Å². The van der Waals surface area contributed by atoms with Crippen LogP contribution in [0, 0.1) is 5.92 Å². The lowest BCUT2D eigenvalue weighted by molar-refractivity contribution is 0.0431. The maximum absolute atomic E-state index is 11.4. The Labute approximate surface area is 92.0 Å². The Morgan fingerprint density at radius 1 is 1.53 bits per heavy atom. The van der Waals surface area contributed by atoms with Crippen LogP contribution in [0.4, 0.5) is 4.79 Å². The summed E-state index contributed by atoms with van der Waals surface area (Å²) < 4.78 is 5.13. The molecule has 15 heavy (non-hydrogen) atoms. The fourth-order valence-electron chi connectivity index (χ4n) is 1.87. The van der Waals surface area contributed by atoms with Gasteiger partial charge in [0.2, 0.25) is 0 Å². The molecule has 0 radical (unpaired) electrons. The Kier molecular flexibility index (Phi) is 5.47. The van der Waals surface area contributed by atoms with Crippen molar-refractivity contribution in [2.75, 3.05) is 33.3 Å². The minimum atomic E-state index is -0.140. The van der Waals surface area contributed by atoms with E-state index in [4.69, 9.17) is 4.74 Å². The van der Waals surface area contributed by atoms with E-state index < -0.39 is 0 Å². The van der Waals surface area contributed by atoms with Crippen LogP contribution in [0.2, 0.25) is 0 Å². The van der Waals surface area contributed by atoms with Gasteiger partial charge in [-0.15, -0.1) is 0 Å². The van der Waals surface area contributed by atoms with Crippen LogP contribution >= 0.6 is 0 Å². The second-order valence-electron chi connectivity index (χ2n) is 4.15. The monoisotopic (exact) mass is 214 g/mol. The third kappa shape index (κ3) is 4.08. The minimum Gasteiger partial charge on any atom is -0.449 e. The van der Waals surface area contributed by atoms with E-state index in [0.29, 0.717) is 12.5 Å². The summed E-state index contributed by atoms with van der Waals surface area (Å²) in [7, 11) is 1.93. The number of ether oxygens (including phenoxy) is 1. The maximum Gasteiger partial charge on any atom is 0.409 e. The molecule has 1 amide bonds. The number of hydrogen-bond donors (Lipinski definition) is 1. The van der Waals surface area contributed by atoms with E-state index in [1.54, 1.807) is 0 Å². The van der Waals surface area contributed by atoms with Gasteiger partial charge in [0.1, 0.15) is 0 Å². The highest BCUT2D eigenvalue weighted by atomic mass is 16.6. The molecule has 0 aromatic rings. The summed E-state index contributed by atoms with van der Waals surface area (Å²) in [6.45, 7) is 5.32. The van der Waals surface area contributed by atoms with Gasteiger partial charge >= 0.3 is 6.09 Å². The molecule has 0 aromatic carbocycles. The molecule has 1 aliphatic rings. The number of carbonyl (C=O) groups is 1. The third-order valence-electron chi connectivity index (χ3n) is 2.70. The highest BCUT2D eigenvalue weighted by Gasteiger charge is 2.25. The Hall–Kier alpha value is -0.770. The van der Waals surface area contributed by atoms with Crippen molar-refractivity contribution in [1.82, 2.24) is 10.2 Å². The number of amides is 1. The van der Waals surface area contributed by atoms with E-state index in [1.807, 2.05) is 11.9 Å². The molecule has 88 valence electrons. The SMILES string of the molecule is CCCCCN1CC(CNC)COC1=O. The molecule has 0 aromatic heterocycles. The molecular weight excluding hydrogens is 192 g/mol. The van der Waals surface area contributed by atoms with Crippen LogP contribution in [-0.2, 0) is 4.74 Å². The first-order chi connectivity index (χ1) is 7.27. The van der Waals surface area contributed by atoms with Crippen LogP contribution in [-0.4, -0.2) is 44.3 Å². The topological polar surface area (TPSA) is 41.6 Å². The minimum absolute atomic E-state index is 0.140. The molecule has 4 heteroatoms. The van der Waals surface area contributed by atoms with Crippen LogP contribution < -0.4 is 5.32 Å². The summed E-state index contributed by atoms with van der Waals surface area (Å²) in [6.07, 6.45) is 3.31. The Bertz CT molecular complexity index is 197. The number of nitrogens with zero attached hydrogens (tertiary/aromatic N) is 1. The lowest BCUT2D eigenvalue weighted by Gasteiger charge is -2.32. The lowest BCUT2D eigenvalue weighted by Crippen LogP contribution is -2.46. The third-order valence-corrected chi connectivity index (χ3v) is 2.70. The van der Waals surface area contributed by atoms with Crippen molar-refractivity contribution >= 4 is 6.09 Å². The largest absolute Gasteiger partial charge is 0.449 e. The molecule has 0 saturated carbocycles. The Balaban J connectivity index is 2.29. The molecule has 1 N–H and O–H groups in total. The fourth-order valence-corrected chi connectivity index (χ4v) is 1.87. The Morgan fingerprint density at radius 2 is 2.33 bits per heavy atom. The molecule has 0 spiro atoms. The Morgan fingerprint density at radius 3 is 3.00 bits per heavy atom. The van der Waals surface area contributed by atoms with Crippen LogP contribution in [0.1, 0.15) is 26.2 Å². The van der Waals surface area contributed by atoms with Crippen molar-refractivity contribution in [2.24, 2.45) is 5.92 Å². The normalized spacial score (nSPS) is 21.6. The van der Waals surface area contributed by atoms with Crippen LogP contribution in [0.15, 0.2) is 0 Å². The molecular formula is C11H22N2O2. The summed E-state index contributed by atoms with van der Waals surface area (Å²) in [5.74, 6) is 0.439. The molecule has 1 rings (SSSR count). The molecule has 1 heterocycles. The van der Waals surface area contributed by atoms with Gasteiger partial charge in [-0.25, -0.2) is 4.79 Å². The molecule has 1 saturated heterocycles. The van der Waals surface area contributed by atoms with E-state index in [9.17, 15) is 4.79 Å². The zero-order valence-corrected chi connectivity index (χ0v) is 9.79. The van der Waals surface area contributed by atoms with Gasteiger partial charge in [0.25, 0.3) is 0 Å². The van der Waals surface area contributed by atoms with Crippen molar-refractivity contribution in [3.8, 4) is 0 Å². The number of unbranched alkanes of at least 4 members (excludes halogenated alkanes) is 2. The van der Waals surface area contributed by atoms with Crippen molar-refractivity contribution < 1.29 is 9.53 Å². The highest BCUT2D eigenvalue weighted by molar-refractivity contribution is 5.68. The van der Waals surface area contributed by atoms with Gasteiger partial charge in [-0.2, -0.15) is 0 Å². The maximum atomic E-state index is 11.4. The average Bonchev–Trinajstić information content (AvgIpc) is 2.23. The first kappa shape index (κ1) is 12.3. The quantitative estimate of drug-likeness (QED) is 0.681. The van der Waals surface area contributed by atoms with Crippen LogP contribution in [0.25, 0.3) is 0 Å². The van der Waals surface area contributed by atoms with Crippen LogP contribution in [0.5, 0.6) is 0 Å². The molecule has 0 bridgehead atoms. The van der Waals surface area contributed by atoms with E-state index in [0.717, 1.165) is 26.1 Å². The van der Waals surface area contributed by atoms with Gasteiger partial charge < -0.3 is 15.0 Å². The average molecular weight is 214 g/mol. The summed E-state index contributed by atoms with van der Waals surface area (Å²) in [5.41, 5.74) is 0. The van der Waals surface area contributed by atoms with E-state index >= 15 is 0 Å². The molecule has 4 nitrogen and oxygen atoms in total. The molecule has 1 fully saturated rings. The van der Waals surface area contributed by atoms with Crippen molar-refractivity contribution in [3.05, 3.63) is 0 Å². The predicted octanol–water partition coefficient (Wildman–Crippen LogP) is 1.46. The van der Waals surface area contributed by atoms with Gasteiger partial charge in [-0.05, 0) is 13.5 Å². The van der Waals surface area contributed by atoms with Crippen LogP contribution in [0.3, 0.4) is 0 Å². The van der Waals surface area contributed by atoms with E-state index in [1.165, 1.54) is 12.8 Å². The van der Waals surface area contributed by atoms with Gasteiger partial charge in [-0.3, -0.25) is 0 Å². The first-order valence-corrected chi connectivity index (χ1v) is 5.84. The summed E-state index contributed by atoms with van der Waals surface area (Å²) >= 11 is 0. The van der Waals surface area contributed by atoms with Gasteiger partial charge in [0, 0.05) is 25.6 Å². The van der Waals surface area contributed by atoms with E-state index in [2.05, 4.69) is 12.2 Å². The molecule has 0 aliphatic carbocycles. The molecule has 1 unspecified atom stereocenters. The standard InChI is InChI=1S/C11H22N2O2/c1-3-4-5-6-13-8-10(7-12-2)9-15-11(13)14/h10,12H,3-9H2,1-2H3. The van der Waals surface area contributed by atoms with Crippen molar-refractivity contribution in [3.63, 3.8) is 0 Å². The molecule has 1 atom stereocenters. The van der Waals surface area contributed by atoms with Crippen molar-refractivity contribution in [2.45, 2.75) is 26.2 Å². The first-order valence-electron chi connectivity index (χ1n) is 5.84. The zero-order chi connectivity index (χ0) is 11.1. The number of hydrogen-bond acceptors (Lipinski definition) is 3. The van der Waals surface area contributed by atoms with Gasteiger partial charge in [0.15, 0.2) is 0 Å². The number of rotatable bonds is 6. The predicted molar refractivity (Wildman–Crippen MR) is 59.9 cm³/mol. The second kappa shape index (κ2) is 6.67. The lowest BCUT2D eigenvalue weighted by atomic mass is 10.1. The number of cyclic esters (lactones) is 1.